The highest BCUT2D eigenvalue weighted by atomic mass is 32.2. The lowest BCUT2D eigenvalue weighted by molar-refractivity contribution is 0.395. The first-order valence-corrected chi connectivity index (χ1v) is 14.1. The maximum atomic E-state index is 14.1. The fraction of sp³-hybridized carbons (Fsp3) is 0.258. The van der Waals surface area contributed by atoms with Crippen molar-refractivity contribution in [2.75, 3.05) is 19.1 Å². The molecule has 7 heteroatoms. The van der Waals surface area contributed by atoms with Gasteiger partial charge in [-0.2, -0.15) is 0 Å². The lowest BCUT2D eigenvalue weighted by Crippen LogP contribution is -2.28. The summed E-state index contributed by atoms with van der Waals surface area (Å²) >= 11 is 0. The highest BCUT2D eigenvalue weighted by Gasteiger charge is 2.34. The van der Waals surface area contributed by atoms with Crippen LogP contribution in [0.5, 0.6) is 11.5 Å². The summed E-state index contributed by atoms with van der Waals surface area (Å²) in [6.45, 7) is 10.0. The zero-order valence-corrected chi connectivity index (χ0v) is 23.4. The van der Waals surface area contributed by atoms with Gasteiger partial charge >= 0.3 is 0 Å². The minimum Gasteiger partial charge on any atom is -0.494 e. The quantitative estimate of drug-likeness (QED) is 0.285. The number of nitrogens with zero attached hydrogens (tertiary/aromatic N) is 2. The molecule has 200 valence electrons. The summed E-state index contributed by atoms with van der Waals surface area (Å²) in [5, 5.41) is 0. The summed E-state index contributed by atoms with van der Waals surface area (Å²) in [5.74, 6) is 1.18. The molecule has 0 atom stereocenters. The van der Waals surface area contributed by atoms with E-state index in [0.29, 0.717) is 28.5 Å². The normalized spacial score (nSPS) is 14.0. The van der Waals surface area contributed by atoms with Crippen LogP contribution in [-0.2, 0) is 9.84 Å². The number of unbranched alkanes of at least 4 members (excludes halogenated alkanes) is 1. The summed E-state index contributed by atoms with van der Waals surface area (Å²) in [6, 6.07) is 16.4. The summed E-state index contributed by atoms with van der Waals surface area (Å²) in [4.78, 5) is 6.58. The van der Waals surface area contributed by atoms with Gasteiger partial charge in [0.15, 0.2) is 0 Å². The van der Waals surface area contributed by atoms with Crippen LogP contribution in [0.2, 0.25) is 0 Å². The van der Waals surface area contributed by atoms with Gasteiger partial charge in [-0.05, 0) is 85.9 Å². The largest absolute Gasteiger partial charge is 0.494 e. The molecule has 1 aliphatic heterocycles. The van der Waals surface area contributed by atoms with E-state index in [2.05, 4.69) is 18.5 Å². The lowest BCUT2D eigenvalue weighted by Gasteiger charge is -2.35. The number of hydrogen-bond acceptors (Lipinski definition) is 6. The molecule has 3 aromatic rings. The van der Waals surface area contributed by atoms with Crippen molar-refractivity contribution >= 4 is 15.5 Å². The molecule has 0 bridgehead atoms. The van der Waals surface area contributed by atoms with Crippen LogP contribution in [0.15, 0.2) is 100 Å². The van der Waals surface area contributed by atoms with Crippen LogP contribution in [0, 0.1) is 6.92 Å². The molecule has 38 heavy (non-hydrogen) atoms. The Morgan fingerprint density at radius 3 is 2.21 bits per heavy atom. The Hall–Kier alpha value is -3.84. The third-order valence-electron chi connectivity index (χ3n) is 6.66. The number of benzene rings is 2. The number of anilines is 1. The first kappa shape index (κ1) is 27.2. The Morgan fingerprint density at radius 1 is 0.974 bits per heavy atom. The fourth-order valence-electron chi connectivity index (χ4n) is 4.82. The van der Waals surface area contributed by atoms with E-state index in [4.69, 9.17) is 9.47 Å². The Labute approximate surface area is 227 Å². The maximum Gasteiger partial charge on any atom is 0.208 e. The van der Waals surface area contributed by atoms with E-state index in [0.717, 1.165) is 41.8 Å². The van der Waals surface area contributed by atoms with E-state index < -0.39 is 9.84 Å². The lowest BCUT2D eigenvalue weighted by atomic mass is 10.0. The van der Waals surface area contributed by atoms with Crippen LogP contribution in [0.25, 0.3) is 11.1 Å². The van der Waals surface area contributed by atoms with Gasteiger partial charge in [-0.3, -0.25) is 4.98 Å². The molecular weight excluding hydrogens is 496 g/mol. The second-order valence-electron chi connectivity index (χ2n) is 9.24. The number of aryl methyl sites for hydroxylation is 1. The average Bonchev–Trinajstić information content (AvgIpc) is 2.91. The molecule has 0 saturated carbocycles. The van der Waals surface area contributed by atoms with Crippen molar-refractivity contribution in [2.24, 2.45) is 0 Å². The van der Waals surface area contributed by atoms with Crippen molar-refractivity contribution in [3.05, 3.63) is 101 Å². The number of ether oxygens (including phenoxy) is 2. The number of hydrogen-bond donors (Lipinski definition) is 0. The minimum atomic E-state index is -3.89. The van der Waals surface area contributed by atoms with Crippen LogP contribution in [0.4, 0.5) is 5.69 Å². The molecule has 0 amide bonds. The van der Waals surface area contributed by atoms with E-state index in [1.165, 1.54) is 0 Å². The molecule has 1 aromatic heterocycles. The van der Waals surface area contributed by atoms with E-state index in [-0.39, 0.29) is 11.2 Å². The summed E-state index contributed by atoms with van der Waals surface area (Å²) in [6.07, 6.45) is 6.31. The van der Waals surface area contributed by atoms with Crippen molar-refractivity contribution in [3.8, 4) is 22.6 Å². The molecular formula is C31H36N2O4S. The topological polar surface area (TPSA) is 68.7 Å². The number of sulfone groups is 1. The van der Waals surface area contributed by atoms with Crippen molar-refractivity contribution in [1.82, 2.24) is 4.98 Å². The Bertz CT molecular complexity index is 1500. The molecule has 4 rings (SSSR count). The first-order valence-electron chi connectivity index (χ1n) is 12.6. The van der Waals surface area contributed by atoms with Crippen LogP contribution in [0.1, 0.15) is 40.2 Å². The molecule has 0 saturated heterocycles. The molecule has 0 spiro atoms. The molecule has 2 aromatic carbocycles. The van der Waals surface area contributed by atoms with E-state index >= 15 is 0 Å². The van der Waals surface area contributed by atoms with Crippen LogP contribution < -0.4 is 14.4 Å². The monoisotopic (exact) mass is 532 g/mol. The van der Waals surface area contributed by atoms with Gasteiger partial charge in [-0.15, -0.1) is 0 Å². The number of aromatic nitrogens is 1. The first-order chi connectivity index (χ1) is 18.2. The summed E-state index contributed by atoms with van der Waals surface area (Å²) in [7, 11) is -0.699. The fourth-order valence-corrected chi connectivity index (χ4v) is 6.44. The van der Waals surface area contributed by atoms with Crippen molar-refractivity contribution in [2.45, 2.75) is 44.9 Å². The van der Waals surface area contributed by atoms with Gasteiger partial charge in [0.2, 0.25) is 9.84 Å². The zero-order valence-electron chi connectivity index (χ0n) is 22.6. The minimum absolute atomic E-state index is 0. The number of para-hydroxylation sites is 1. The second kappa shape index (κ2) is 11.3. The van der Waals surface area contributed by atoms with Gasteiger partial charge in [0.05, 0.1) is 24.0 Å². The van der Waals surface area contributed by atoms with Crippen molar-refractivity contribution in [3.63, 3.8) is 0 Å². The van der Waals surface area contributed by atoms with Gasteiger partial charge in [-0.25, -0.2) is 8.42 Å². The maximum absolute atomic E-state index is 14.1. The molecule has 0 fully saturated rings. The number of allylic oxidation sites excluding steroid dienone is 4. The smallest absolute Gasteiger partial charge is 0.208 e. The van der Waals surface area contributed by atoms with Gasteiger partial charge in [0, 0.05) is 24.7 Å². The molecule has 0 aliphatic carbocycles. The predicted molar refractivity (Wildman–Crippen MR) is 155 cm³/mol. The third-order valence-corrected chi connectivity index (χ3v) is 8.65. The predicted octanol–water partition coefficient (Wildman–Crippen LogP) is 7.48. The Balaban J connectivity index is 0.00000420. The zero-order chi connectivity index (χ0) is 27.4. The SMILES string of the molecule is C=C1C=C(CCCC)N(c2c(OC)cccc2OC)C(C)=C1S(=O)(=O)c1ccc(-c2ccnc(C)c2)cc1.[HH]. The van der Waals surface area contributed by atoms with Crippen molar-refractivity contribution < 1.29 is 19.3 Å². The molecule has 0 N–H and O–H groups in total. The van der Waals surface area contributed by atoms with Crippen LogP contribution in [-0.4, -0.2) is 27.6 Å². The van der Waals surface area contributed by atoms with E-state index in [9.17, 15) is 8.42 Å². The van der Waals surface area contributed by atoms with Crippen LogP contribution in [0.3, 0.4) is 0 Å². The van der Waals surface area contributed by atoms with Gasteiger partial charge < -0.3 is 14.4 Å². The molecule has 0 radical (unpaired) electrons. The van der Waals surface area contributed by atoms with E-state index in [1.807, 2.05) is 67.3 Å². The van der Waals surface area contributed by atoms with E-state index in [1.54, 1.807) is 32.5 Å². The Kier molecular flexibility index (Phi) is 8.07. The third kappa shape index (κ3) is 5.11. The average molecular weight is 533 g/mol. The van der Waals surface area contributed by atoms with Gasteiger partial charge in [0.25, 0.3) is 0 Å². The Morgan fingerprint density at radius 2 is 1.63 bits per heavy atom. The van der Waals surface area contributed by atoms with Crippen molar-refractivity contribution in [1.29, 1.82) is 0 Å². The molecule has 1 aliphatic rings. The highest BCUT2D eigenvalue weighted by Crippen LogP contribution is 2.46. The second-order valence-corrected chi connectivity index (χ2v) is 11.1. The number of rotatable bonds is 9. The highest BCUT2D eigenvalue weighted by molar-refractivity contribution is 7.95. The van der Waals surface area contributed by atoms with Crippen LogP contribution >= 0.6 is 0 Å². The molecule has 2 heterocycles. The number of pyridine rings is 1. The molecule has 6 nitrogen and oxygen atoms in total. The number of methoxy groups -OCH3 is 2. The summed E-state index contributed by atoms with van der Waals surface area (Å²) in [5.41, 5.74) is 5.44. The molecule has 0 unspecified atom stereocenters. The standard InChI is InChI=1S/C31H34N2O4S.H2/c1-7-8-10-26-19-21(2)31(23(4)33(26)30-28(36-5)11-9-12-29(30)37-6)38(34,35)27-15-13-24(14-16-27)25-17-18-32-22(3)20-25;/h9,11-20H,2,7-8,10H2,1,3-6H3;1H. The summed E-state index contributed by atoms with van der Waals surface area (Å²) < 4.78 is 39.5. The van der Waals surface area contributed by atoms with Gasteiger partial charge in [0.1, 0.15) is 17.2 Å². The van der Waals surface area contributed by atoms with Gasteiger partial charge in [-0.1, -0.05) is 38.1 Å².